The molecule has 1 aromatic carbocycles. The lowest BCUT2D eigenvalue weighted by molar-refractivity contribution is 0.105. The third-order valence-electron chi connectivity index (χ3n) is 4.23. The molecule has 0 unspecified atom stereocenters. The first-order chi connectivity index (χ1) is 9.72. The maximum Gasteiger partial charge on any atom is 0.184 e. The van der Waals surface area contributed by atoms with Crippen molar-refractivity contribution in [2.24, 2.45) is 10.8 Å². The minimum atomic E-state index is 0.402. The molecule has 0 amide bonds. The Balaban J connectivity index is 1.81. The van der Waals surface area contributed by atoms with Crippen LogP contribution in [0.4, 0.5) is 5.13 Å². The fraction of sp³-hybridized carbons (Fsp3) is 0.588. The fourth-order valence-electron chi connectivity index (χ4n) is 4.08. The standard InChI is InChI=1S/C17H23BrN2S/c1-16(2)8-12(9-17(3,4)10-16)19-15-20-13-6-5-11(18)7-14(13)21-15/h5-7,12H,8-10H2,1-4H3,(H,19,20). The lowest BCUT2D eigenvalue weighted by Gasteiger charge is -2.45. The molecule has 114 valence electrons. The Morgan fingerprint density at radius 2 is 1.86 bits per heavy atom. The molecule has 1 saturated carbocycles. The molecular weight excluding hydrogens is 344 g/mol. The van der Waals surface area contributed by atoms with E-state index >= 15 is 0 Å². The molecule has 1 heterocycles. The monoisotopic (exact) mass is 366 g/mol. The van der Waals surface area contributed by atoms with Crippen molar-refractivity contribution in [3.8, 4) is 0 Å². The number of anilines is 1. The van der Waals surface area contributed by atoms with Gasteiger partial charge in [-0.05, 0) is 48.3 Å². The maximum atomic E-state index is 4.73. The lowest BCUT2D eigenvalue weighted by Crippen LogP contribution is -2.40. The molecule has 0 aliphatic heterocycles. The Labute approximate surface area is 139 Å². The first-order valence-electron chi connectivity index (χ1n) is 7.55. The number of aromatic nitrogens is 1. The molecule has 1 fully saturated rings. The molecule has 0 spiro atoms. The average molecular weight is 367 g/mol. The van der Waals surface area contributed by atoms with Crippen molar-refractivity contribution in [3.63, 3.8) is 0 Å². The largest absolute Gasteiger partial charge is 0.359 e. The highest BCUT2D eigenvalue weighted by Gasteiger charge is 2.38. The number of nitrogens with zero attached hydrogens (tertiary/aromatic N) is 1. The third-order valence-corrected chi connectivity index (χ3v) is 5.68. The van der Waals surface area contributed by atoms with Gasteiger partial charge in [-0.2, -0.15) is 0 Å². The van der Waals surface area contributed by atoms with Crippen LogP contribution in [0.25, 0.3) is 10.2 Å². The minimum absolute atomic E-state index is 0.402. The van der Waals surface area contributed by atoms with Crippen LogP contribution in [0.2, 0.25) is 0 Å². The SMILES string of the molecule is CC1(C)CC(Nc2nc3ccc(Br)cc3s2)CC(C)(C)C1. The van der Waals surface area contributed by atoms with E-state index in [4.69, 9.17) is 4.98 Å². The molecule has 1 N–H and O–H groups in total. The molecule has 1 aliphatic carbocycles. The van der Waals surface area contributed by atoms with Gasteiger partial charge < -0.3 is 5.32 Å². The van der Waals surface area contributed by atoms with Gasteiger partial charge in [0.05, 0.1) is 10.2 Å². The first-order valence-corrected chi connectivity index (χ1v) is 9.16. The van der Waals surface area contributed by atoms with Crippen LogP contribution in [-0.4, -0.2) is 11.0 Å². The number of fused-ring (bicyclic) bond motifs is 1. The van der Waals surface area contributed by atoms with Crippen molar-refractivity contribution >= 4 is 42.6 Å². The van der Waals surface area contributed by atoms with Gasteiger partial charge in [0.25, 0.3) is 0 Å². The molecule has 1 aromatic heterocycles. The van der Waals surface area contributed by atoms with Gasteiger partial charge in [-0.3, -0.25) is 0 Å². The second-order valence-electron chi connectivity index (χ2n) is 7.89. The quantitative estimate of drug-likeness (QED) is 0.696. The highest BCUT2D eigenvalue weighted by atomic mass is 79.9. The van der Waals surface area contributed by atoms with Gasteiger partial charge in [0, 0.05) is 10.5 Å². The Hall–Kier alpha value is -0.610. The van der Waals surface area contributed by atoms with Crippen LogP contribution in [0.5, 0.6) is 0 Å². The summed E-state index contributed by atoms with van der Waals surface area (Å²) < 4.78 is 2.35. The summed E-state index contributed by atoms with van der Waals surface area (Å²) in [5.41, 5.74) is 1.89. The van der Waals surface area contributed by atoms with Crippen LogP contribution in [0.1, 0.15) is 47.0 Å². The summed E-state index contributed by atoms with van der Waals surface area (Å²) in [4.78, 5) is 4.73. The molecule has 4 heteroatoms. The highest BCUT2D eigenvalue weighted by Crippen LogP contribution is 2.46. The summed E-state index contributed by atoms with van der Waals surface area (Å²) in [6.45, 7) is 9.55. The van der Waals surface area contributed by atoms with E-state index < -0.39 is 0 Å². The zero-order valence-electron chi connectivity index (χ0n) is 13.2. The van der Waals surface area contributed by atoms with E-state index in [2.05, 4.69) is 67.1 Å². The number of thiazole rings is 1. The van der Waals surface area contributed by atoms with Gasteiger partial charge in [-0.15, -0.1) is 0 Å². The van der Waals surface area contributed by atoms with Crippen LogP contribution in [0.3, 0.4) is 0 Å². The molecule has 3 rings (SSSR count). The van der Waals surface area contributed by atoms with E-state index in [0.29, 0.717) is 16.9 Å². The molecule has 21 heavy (non-hydrogen) atoms. The average Bonchev–Trinajstić information content (AvgIpc) is 2.65. The van der Waals surface area contributed by atoms with Crippen molar-refractivity contribution in [2.45, 2.75) is 53.0 Å². The molecule has 0 radical (unpaired) electrons. The summed E-state index contributed by atoms with van der Waals surface area (Å²) in [5.74, 6) is 0. The summed E-state index contributed by atoms with van der Waals surface area (Å²) in [6.07, 6.45) is 3.73. The third kappa shape index (κ3) is 3.59. The molecule has 2 aromatic rings. The van der Waals surface area contributed by atoms with Crippen LogP contribution in [0.15, 0.2) is 22.7 Å². The van der Waals surface area contributed by atoms with Gasteiger partial charge in [-0.25, -0.2) is 4.98 Å². The van der Waals surface area contributed by atoms with Crippen LogP contribution in [0, 0.1) is 10.8 Å². The Morgan fingerprint density at radius 3 is 2.52 bits per heavy atom. The summed E-state index contributed by atoms with van der Waals surface area (Å²) >= 11 is 5.28. The topological polar surface area (TPSA) is 24.9 Å². The van der Waals surface area contributed by atoms with Gasteiger partial charge in [0.1, 0.15) is 0 Å². The van der Waals surface area contributed by atoms with E-state index in [1.54, 1.807) is 11.3 Å². The maximum absolute atomic E-state index is 4.73. The number of rotatable bonds is 2. The number of hydrogen-bond acceptors (Lipinski definition) is 3. The molecule has 0 bridgehead atoms. The first kappa shape index (κ1) is 15.3. The van der Waals surface area contributed by atoms with Crippen LogP contribution >= 0.6 is 27.3 Å². The fourth-order valence-corrected chi connectivity index (χ4v) is 5.58. The smallest absolute Gasteiger partial charge is 0.184 e. The predicted octanol–water partition coefficient (Wildman–Crippen LogP) is 6.08. The number of halogens is 1. The molecule has 0 atom stereocenters. The number of nitrogens with one attached hydrogen (secondary N) is 1. The summed E-state index contributed by atoms with van der Waals surface area (Å²) in [5, 5.41) is 4.75. The van der Waals surface area contributed by atoms with E-state index in [9.17, 15) is 0 Å². The Bertz CT molecular complexity index is 644. The van der Waals surface area contributed by atoms with Crippen molar-refractivity contribution in [2.75, 3.05) is 5.32 Å². The second kappa shape index (κ2) is 5.24. The number of benzene rings is 1. The molecule has 0 saturated heterocycles. The van der Waals surface area contributed by atoms with Crippen molar-refractivity contribution in [3.05, 3.63) is 22.7 Å². The van der Waals surface area contributed by atoms with Crippen molar-refractivity contribution in [1.29, 1.82) is 0 Å². The lowest BCUT2D eigenvalue weighted by atomic mass is 9.63. The Kier molecular flexibility index (Phi) is 3.81. The van der Waals surface area contributed by atoms with E-state index in [1.165, 1.54) is 24.0 Å². The van der Waals surface area contributed by atoms with Crippen molar-refractivity contribution < 1.29 is 0 Å². The zero-order valence-corrected chi connectivity index (χ0v) is 15.6. The van der Waals surface area contributed by atoms with Gasteiger partial charge in [-0.1, -0.05) is 55.0 Å². The molecule has 1 aliphatic rings. The van der Waals surface area contributed by atoms with Gasteiger partial charge in [0.15, 0.2) is 5.13 Å². The van der Waals surface area contributed by atoms with Crippen LogP contribution < -0.4 is 5.32 Å². The summed E-state index contributed by atoms with van der Waals surface area (Å²) in [6, 6.07) is 6.80. The highest BCUT2D eigenvalue weighted by molar-refractivity contribution is 9.10. The molecule has 2 nitrogen and oxygen atoms in total. The number of hydrogen-bond donors (Lipinski definition) is 1. The zero-order chi connectivity index (χ0) is 15.3. The van der Waals surface area contributed by atoms with E-state index in [1.807, 2.05) is 0 Å². The predicted molar refractivity (Wildman–Crippen MR) is 96.1 cm³/mol. The van der Waals surface area contributed by atoms with Crippen molar-refractivity contribution in [1.82, 2.24) is 4.98 Å². The van der Waals surface area contributed by atoms with Gasteiger partial charge >= 0.3 is 0 Å². The van der Waals surface area contributed by atoms with Crippen LogP contribution in [-0.2, 0) is 0 Å². The van der Waals surface area contributed by atoms with E-state index in [0.717, 1.165) is 15.1 Å². The Morgan fingerprint density at radius 1 is 1.19 bits per heavy atom. The normalized spacial score (nSPS) is 21.6. The van der Waals surface area contributed by atoms with Gasteiger partial charge in [0.2, 0.25) is 0 Å². The minimum Gasteiger partial charge on any atom is -0.359 e. The van der Waals surface area contributed by atoms with E-state index in [-0.39, 0.29) is 0 Å². The second-order valence-corrected chi connectivity index (χ2v) is 9.83. The summed E-state index contributed by atoms with van der Waals surface area (Å²) in [7, 11) is 0. The molecular formula is C17H23BrN2S.